The van der Waals surface area contributed by atoms with E-state index in [0.717, 1.165) is 27.5 Å². The van der Waals surface area contributed by atoms with Gasteiger partial charge in [0.2, 0.25) is 0 Å². The Morgan fingerprint density at radius 2 is 2.21 bits per heavy atom. The zero-order chi connectivity index (χ0) is 10.1. The van der Waals surface area contributed by atoms with E-state index >= 15 is 0 Å². The van der Waals surface area contributed by atoms with Crippen LogP contribution in [-0.4, -0.2) is 11.4 Å². The molecular weight excluding hydrogens is 196 g/mol. The normalized spacial score (nSPS) is 10.7. The maximum atomic E-state index is 10.6. The summed E-state index contributed by atoms with van der Waals surface area (Å²) in [4.78, 5) is 11.3. The van der Waals surface area contributed by atoms with Crippen molar-refractivity contribution in [2.45, 2.75) is 13.5 Å². The lowest BCUT2D eigenvalue weighted by Gasteiger charge is -2.00. The number of rotatable bonds is 2. The topological polar surface area (TPSA) is 37.3 Å². The Hall–Kier alpha value is -1.19. The van der Waals surface area contributed by atoms with E-state index in [-0.39, 0.29) is 6.61 Å². The molecule has 0 aliphatic carbocycles. The van der Waals surface area contributed by atoms with Gasteiger partial charge in [0.25, 0.3) is 0 Å². The smallest absolute Gasteiger partial charge is 0.160 e. The minimum absolute atomic E-state index is 0.0248. The fourth-order valence-corrected chi connectivity index (χ4v) is 2.55. The monoisotopic (exact) mass is 206 g/mol. The lowest BCUT2D eigenvalue weighted by molar-refractivity contribution is 0.112. The standard InChI is InChI=1S/C11H10O2S/c1-7-2-8-4-10(6-13)14-11(8)9(3-7)5-12/h2-4,6,12H,5H2,1H3. The second kappa shape index (κ2) is 3.52. The molecule has 0 radical (unpaired) electrons. The number of thiophene rings is 1. The van der Waals surface area contributed by atoms with E-state index in [4.69, 9.17) is 5.11 Å². The van der Waals surface area contributed by atoms with Crippen LogP contribution in [0.3, 0.4) is 0 Å². The molecule has 0 bridgehead atoms. The van der Waals surface area contributed by atoms with E-state index < -0.39 is 0 Å². The Morgan fingerprint density at radius 3 is 2.86 bits per heavy atom. The Balaban J connectivity index is 2.77. The van der Waals surface area contributed by atoms with Gasteiger partial charge in [-0.3, -0.25) is 4.79 Å². The zero-order valence-corrected chi connectivity index (χ0v) is 8.60. The first kappa shape index (κ1) is 9.37. The van der Waals surface area contributed by atoms with Gasteiger partial charge >= 0.3 is 0 Å². The van der Waals surface area contributed by atoms with Gasteiger partial charge in [-0.05, 0) is 23.9 Å². The highest BCUT2D eigenvalue weighted by Gasteiger charge is 2.06. The third-order valence-corrected chi connectivity index (χ3v) is 3.29. The van der Waals surface area contributed by atoms with Crippen molar-refractivity contribution >= 4 is 27.7 Å². The number of benzene rings is 1. The van der Waals surface area contributed by atoms with Gasteiger partial charge in [-0.25, -0.2) is 0 Å². The highest BCUT2D eigenvalue weighted by atomic mass is 32.1. The van der Waals surface area contributed by atoms with Crippen LogP contribution in [0.5, 0.6) is 0 Å². The van der Waals surface area contributed by atoms with E-state index in [2.05, 4.69) is 0 Å². The molecule has 0 unspecified atom stereocenters. The van der Waals surface area contributed by atoms with Crippen LogP contribution in [0.25, 0.3) is 10.1 Å². The summed E-state index contributed by atoms with van der Waals surface area (Å²) in [6.07, 6.45) is 0.848. The molecule has 0 saturated carbocycles. The number of aryl methyl sites for hydroxylation is 1. The van der Waals surface area contributed by atoms with E-state index in [1.165, 1.54) is 11.3 Å². The Kier molecular flexibility index (Phi) is 2.35. The molecule has 1 heterocycles. The number of hydrogen-bond acceptors (Lipinski definition) is 3. The molecule has 2 rings (SSSR count). The number of carbonyl (C=O) groups excluding carboxylic acids is 1. The molecule has 2 aromatic rings. The van der Waals surface area contributed by atoms with Crippen molar-refractivity contribution in [2.24, 2.45) is 0 Å². The SMILES string of the molecule is Cc1cc(CO)c2sc(C=O)cc2c1. The molecule has 0 aliphatic heterocycles. The summed E-state index contributed by atoms with van der Waals surface area (Å²) in [7, 11) is 0. The first-order chi connectivity index (χ1) is 6.74. The molecule has 3 heteroatoms. The third kappa shape index (κ3) is 1.45. The van der Waals surface area contributed by atoms with Crippen LogP contribution in [0.4, 0.5) is 0 Å². The molecule has 0 amide bonds. The van der Waals surface area contributed by atoms with Gasteiger partial charge in [0, 0.05) is 4.70 Å². The summed E-state index contributed by atoms with van der Waals surface area (Å²) in [6, 6.07) is 5.84. The van der Waals surface area contributed by atoms with Crippen LogP contribution >= 0.6 is 11.3 Å². The van der Waals surface area contributed by atoms with Gasteiger partial charge in [-0.2, -0.15) is 0 Å². The molecule has 14 heavy (non-hydrogen) atoms. The summed E-state index contributed by atoms with van der Waals surface area (Å²) < 4.78 is 1.01. The Bertz CT molecular complexity index is 485. The van der Waals surface area contributed by atoms with Gasteiger partial charge < -0.3 is 5.11 Å². The lowest BCUT2D eigenvalue weighted by atomic mass is 10.1. The number of hydrogen-bond donors (Lipinski definition) is 1. The van der Waals surface area contributed by atoms with Crippen LogP contribution < -0.4 is 0 Å². The second-order valence-corrected chi connectivity index (χ2v) is 4.35. The average molecular weight is 206 g/mol. The summed E-state index contributed by atoms with van der Waals surface area (Å²) in [5, 5.41) is 10.2. The highest BCUT2D eigenvalue weighted by Crippen LogP contribution is 2.29. The number of aldehydes is 1. The molecule has 2 nitrogen and oxygen atoms in total. The van der Waals surface area contributed by atoms with E-state index in [1.54, 1.807) is 0 Å². The largest absolute Gasteiger partial charge is 0.392 e. The van der Waals surface area contributed by atoms with E-state index in [0.29, 0.717) is 4.88 Å². The van der Waals surface area contributed by atoms with Gasteiger partial charge in [0.1, 0.15) is 0 Å². The molecule has 72 valence electrons. The molecule has 0 aliphatic rings. The Labute approximate surface area is 85.8 Å². The average Bonchev–Trinajstić information content (AvgIpc) is 2.59. The van der Waals surface area contributed by atoms with Crippen LogP contribution in [0, 0.1) is 6.92 Å². The van der Waals surface area contributed by atoms with Crippen LogP contribution in [-0.2, 0) is 6.61 Å². The highest BCUT2D eigenvalue weighted by molar-refractivity contribution is 7.20. The number of aliphatic hydroxyl groups excluding tert-OH is 1. The maximum absolute atomic E-state index is 10.6. The van der Waals surface area contributed by atoms with Crippen molar-refractivity contribution in [2.75, 3.05) is 0 Å². The first-order valence-corrected chi connectivity index (χ1v) is 5.15. The minimum atomic E-state index is 0.0248. The molecule has 0 spiro atoms. The summed E-state index contributed by atoms with van der Waals surface area (Å²) in [5.74, 6) is 0. The summed E-state index contributed by atoms with van der Waals surface area (Å²) >= 11 is 1.43. The lowest BCUT2D eigenvalue weighted by Crippen LogP contribution is -1.84. The van der Waals surface area contributed by atoms with Gasteiger partial charge in [0.05, 0.1) is 11.5 Å². The molecule has 1 aromatic carbocycles. The van der Waals surface area contributed by atoms with E-state index in [1.807, 2.05) is 25.1 Å². The predicted molar refractivity (Wildman–Crippen MR) is 57.9 cm³/mol. The predicted octanol–water partition coefficient (Wildman–Crippen LogP) is 2.51. The van der Waals surface area contributed by atoms with Crippen molar-refractivity contribution in [3.63, 3.8) is 0 Å². The van der Waals surface area contributed by atoms with Crippen LogP contribution in [0.15, 0.2) is 18.2 Å². The van der Waals surface area contributed by atoms with Gasteiger partial charge in [-0.15, -0.1) is 11.3 Å². The summed E-state index contributed by atoms with van der Waals surface area (Å²) in [6.45, 7) is 2.01. The quantitative estimate of drug-likeness (QED) is 0.766. The van der Waals surface area contributed by atoms with E-state index in [9.17, 15) is 4.79 Å². The number of aliphatic hydroxyl groups is 1. The van der Waals surface area contributed by atoms with Gasteiger partial charge in [-0.1, -0.05) is 17.7 Å². The first-order valence-electron chi connectivity index (χ1n) is 4.33. The van der Waals surface area contributed by atoms with Crippen molar-refractivity contribution in [3.8, 4) is 0 Å². The molecule has 1 N–H and O–H groups in total. The fraction of sp³-hybridized carbons (Fsp3) is 0.182. The third-order valence-electron chi connectivity index (χ3n) is 2.14. The van der Waals surface area contributed by atoms with Crippen molar-refractivity contribution < 1.29 is 9.90 Å². The molecule has 1 aromatic heterocycles. The maximum Gasteiger partial charge on any atom is 0.160 e. The van der Waals surface area contributed by atoms with Crippen molar-refractivity contribution in [1.29, 1.82) is 0 Å². The Morgan fingerprint density at radius 1 is 1.43 bits per heavy atom. The van der Waals surface area contributed by atoms with Crippen molar-refractivity contribution in [3.05, 3.63) is 34.2 Å². The molecule has 0 fully saturated rings. The van der Waals surface area contributed by atoms with Crippen molar-refractivity contribution in [1.82, 2.24) is 0 Å². The van der Waals surface area contributed by atoms with Crippen LogP contribution in [0.2, 0.25) is 0 Å². The number of carbonyl (C=O) groups is 1. The minimum Gasteiger partial charge on any atom is -0.392 e. The molecule has 0 atom stereocenters. The van der Waals surface area contributed by atoms with Crippen LogP contribution in [0.1, 0.15) is 20.8 Å². The zero-order valence-electron chi connectivity index (χ0n) is 7.78. The van der Waals surface area contributed by atoms with Gasteiger partial charge in [0.15, 0.2) is 6.29 Å². The fourth-order valence-electron chi connectivity index (χ4n) is 1.59. The number of fused-ring (bicyclic) bond motifs is 1. The molecule has 0 saturated heterocycles. The second-order valence-electron chi connectivity index (χ2n) is 3.27. The summed E-state index contributed by atoms with van der Waals surface area (Å²) in [5.41, 5.74) is 2.01. The molecular formula is C11H10O2S.